The van der Waals surface area contributed by atoms with Crippen molar-refractivity contribution in [2.75, 3.05) is 18.0 Å². The van der Waals surface area contributed by atoms with Crippen molar-refractivity contribution in [2.45, 2.75) is 38.8 Å². The fourth-order valence-electron chi connectivity index (χ4n) is 2.13. The summed E-state index contributed by atoms with van der Waals surface area (Å²) in [5, 5.41) is 8.76. The normalized spacial score (nSPS) is 11.4. The first-order chi connectivity index (χ1) is 9.86. The number of alkyl halides is 3. The summed E-state index contributed by atoms with van der Waals surface area (Å²) in [5.41, 5.74) is -0.658. The number of unbranched alkanes of at least 4 members (excludes halogenated alkanes) is 2. The van der Waals surface area contributed by atoms with E-state index in [-0.39, 0.29) is 18.7 Å². The number of para-hydroxylation sites is 1. The van der Waals surface area contributed by atoms with Crippen LogP contribution in [0.2, 0.25) is 0 Å². The minimum Gasteiger partial charge on any atom is -0.481 e. The van der Waals surface area contributed by atoms with Gasteiger partial charge in [0.25, 0.3) is 0 Å². The maximum Gasteiger partial charge on any atom is 0.418 e. The maximum absolute atomic E-state index is 13.1. The second kappa shape index (κ2) is 7.90. The third kappa shape index (κ3) is 5.65. The van der Waals surface area contributed by atoms with Crippen LogP contribution in [0.4, 0.5) is 18.9 Å². The predicted molar refractivity (Wildman–Crippen MR) is 75.4 cm³/mol. The molecule has 0 saturated heterocycles. The molecule has 6 heteroatoms. The Morgan fingerprint density at radius 3 is 2.43 bits per heavy atom. The number of rotatable bonds is 8. The van der Waals surface area contributed by atoms with Gasteiger partial charge in [0.15, 0.2) is 0 Å². The smallest absolute Gasteiger partial charge is 0.418 e. The lowest BCUT2D eigenvalue weighted by Gasteiger charge is -2.27. The number of hydrogen-bond donors (Lipinski definition) is 1. The summed E-state index contributed by atoms with van der Waals surface area (Å²) in [5.74, 6) is -1.01. The molecular formula is C15H20F3NO2. The molecule has 1 aromatic carbocycles. The van der Waals surface area contributed by atoms with Crippen LogP contribution in [0.1, 0.15) is 38.2 Å². The Hall–Kier alpha value is -1.72. The van der Waals surface area contributed by atoms with Crippen molar-refractivity contribution in [3.8, 4) is 0 Å². The number of hydrogen-bond acceptors (Lipinski definition) is 2. The Morgan fingerprint density at radius 1 is 1.19 bits per heavy atom. The lowest BCUT2D eigenvalue weighted by molar-refractivity contribution is -0.137. The Labute approximate surface area is 122 Å². The van der Waals surface area contributed by atoms with E-state index in [1.165, 1.54) is 23.1 Å². The molecule has 0 unspecified atom stereocenters. The zero-order valence-electron chi connectivity index (χ0n) is 12.0. The van der Waals surface area contributed by atoms with Gasteiger partial charge in [-0.1, -0.05) is 31.9 Å². The summed E-state index contributed by atoms with van der Waals surface area (Å²) < 4.78 is 39.2. The van der Waals surface area contributed by atoms with E-state index in [4.69, 9.17) is 5.11 Å². The Balaban J connectivity index is 2.98. The van der Waals surface area contributed by atoms with Crippen LogP contribution in [0.25, 0.3) is 0 Å². The standard InChI is InChI=1S/C15H20F3NO2/c1-2-3-6-10-19(11-9-14(20)21)13-8-5-4-7-12(13)15(16,17)18/h4-5,7-8H,2-3,6,9-11H2,1H3,(H,20,21). The number of carboxylic acid groups (broad SMARTS) is 1. The molecule has 1 rings (SSSR count). The summed E-state index contributed by atoms with van der Waals surface area (Å²) in [6, 6.07) is 5.31. The summed E-state index contributed by atoms with van der Waals surface area (Å²) in [6.45, 7) is 2.51. The molecule has 0 fully saturated rings. The number of carbonyl (C=O) groups is 1. The molecule has 21 heavy (non-hydrogen) atoms. The van der Waals surface area contributed by atoms with Crippen molar-refractivity contribution in [1.82, 2.24) is 0 Å². The Kier molecular flexibility index (Phi) is 6.52. The van der Waals surface area contributed by atoms with Gasteiger partial charge in [-0.25, -0.2) is 0 Å². The molecular weight excluding hydrogens is 283 g/mol. The first-order valence-corrected chi connectivity index (χ1v) is 6.99. The molecule has 0 atom stereocenters. The van der Waals surface area contributed by atoms with E-state index in [1.54, 1.807) is 0 Å². The van der Waals surface area contributed by atoms with Crippen LogP contribution in [0.5, 0.6) is 0 Å². The molecule has 0 spiro atoms. The molecule has 0 aliphatic rings. The van der Waals surface area contributed by atoms with Crippen molar-refractivity contribution in [3.63, 3.8) is 0 Å². The highest BCUT2D eigenvalue weighted by molar-refractivity contribution is 5.68. The molecule has 0 saturated carbocycles. The van der Waals surface area contributed by atoms with Gasteiger partial charge < -0.3 is 10.0 Å². The van der Waals surface area contributed by atoms with Crippen molar-refractivity contribution < 1.29 is 23.1 Å². The highest BCUT2D eigenvalue weighted by Gasteiger charge is 2.34. The van der Waals surface area contributed by atoms with Gasteiger partial charge in [0.05, 0.1) is 12.0 Å². The van der Waals surface area contributed by atoms with Gasteiger partial charge >= 0.3 is 12.1 Å². The van der Waals surface area contributed by atoms with Gasteiger partial charge in [-0.05, 0) is 18.6 Å². The number of nitrogens with zero attached hydrogens (tertiary/aromatic N) is 1. The highest BCUT2D eigenvalue weighted by Crippen LogP contribution is 2.36. The first-order valence-electron chi connectivity index (χ1n) is 6.99. The fraction of sp³-hybridized carbons (Fsp3) is 0.533. The van der Waals surface area contributed by atoms with E-state index < -0.39 is 17.7 Å². The largest absolute Gasteiger partial charge is 0.481 e. The number of carboxylic acids is 1. The minimum absolute atomic E-state index is 0.0577. The van der Waals surface area contributed by atoms with Crippen LogP contribution in [0, 0.1) is 0 Å². The molecule has 118 valence electrons. The number of anilines is 1. The van der Waals surface area contributed by atoms with Gasteiger partial charge in [-0.15, -0.1) is 0 Å². The van der Waals surface area contributed by atoms with Crippen molar-refractivity contribution in [1.29, 1.82) is 0 Å². The van der Waals surface area contributed by atoms with Gasteiger partial charge in [0, 0.05) is 18.8 Å². The molecule has 0 aliphatic heterocycles. The monoisotopic (exact) mass is 303 g/mol. The molecule has 1 N–H and O–H groups in total. The molecule has 3 nitrogen and oxygen atoms in total. The van der Waals surface area contributed by atoms with E-state index in [9.17, 15) is 18.0 Å². The van der Waals surface area contributed by atoms with E-state index in [1.807, 2.05) is 6.92 Å². The summed E-state index contributed by atoms with van der Waals surface area (Å²) >= 11 is 0. The number of aliphatic carboxylic acids is 1. The van der Waals surface area contributed by atoms with E-state index in [0.717, 1.165) is 25.3 Å². The third-order valence-corrected chi connectivity index (χ3v) is 3.18. The minimum atomic E-state index is -4.44. The number of benzene rings is 1. The summed E-state index contributed by atoms with van der Waals surface area (Å²) in [7, 11) is 0. The van der Waals surface area contributed by atoms with Crippen molar-refractivity contribution in [2.24, 2.45) is 0 Å². The summed E-state index contributed by atoms with van der Waals surface area (Å²) in [6.07, 6.45) is -2.03. The molecule has 0 amide bonds. The SMILES string of the molecule is CCCCCN(CCC(=O)O)c1ccccc1C(F)(F)F. The summed E-state index contributed by atoms with van der Waals surface area (Å²) in [4.78, 5) is 12.2. The van der Waals surface area contributed by atoms with Crippen LogP contribution in [0.3, 0.4) is 0 Å². The average molecular weight is 303 g/mol. The van der Waals surface area contributed by atoms with Crippen LogP contribution in [0.15, 0.2) is 24.3 Å². The second-order valence-corrected chi connectivity index (χ2v) is 4.85. The lowest BCUT2D eigenvalue weighted by Crippen LogP contribution is -2.29. The second-order valence-electron chi connectivity index (χ2n) is 4.85. The highest BCUT2D eigenvalue weighted by atomic mass is 19.4. The fourth-order valence-corrected chi connectivity index (χ4v) is 2.13. The molecule has 0 bridgehead atoms. The molecule has 0 heterocycles. The Morgan fingerprint density at radius 2 is 1.86 bits per heavy atom. The topological polar surface area (TPSA) is 40.5 Å². The predicted octanol–water partition coefficient (Wildman–Crippen LogP) is 4.18. The van der Waals surface area contributed by atoms with Crippen LogP contribution in [-0.2, 0) is 11.0 Å². The van der Waals surface area contributed by atoms with Gasteiger partial charge in [0.2, 0.25) is 0 Å². The van der Waals surface area contributed by atoms with Gasteiger partial charge in [-0.3, -0.25) is 4.79 Å². The van der Waals surface area contributed by atoms with Gasteiger partial charge in [0.1, 0.15) is 0 Å². The van der Waals surface area contributed by atoms with Crippen molar-refractivity contribution >= 4 is 11.7 Å². The van der Waals surface area contributed by atoms with Crippen molar-refractivity contribution in [3.05, 3.63) is 29.8 Å². The Bertz CT molecular complexity index is 460. The lowest BCUT2D eigenvalue weighted by atomic mass is 10.1. The first kappa shape index (κ1) is 17.3. The quantitative estimate of drug-likeness (QED) is 0.733. The zero-order chi connectivity index (χ0) is 15.9. The molecule has 1 aromatic rings. The van der Waals surface area contributed by atoms with Crippen LogP contribution >= 0.6 is 0 Å². The van der Waals surface area contributed by atoms with Gasteiger partial charge in [-0.2, -0.15) is 13.2 Å². The van der Waals surface area contributed by atoms with Crippen LogP contribution in [-0.4, -0.2) is 24.2 Å². The van der Waals surface area contributed by atoms with E-state index in [0.29, 0.717) is 6.54 Å². The molecule has 0 aromatic heterocycles. The molecule has 0 radical (unpaired) electrons. The number of halogens is 3. The van der Waals surface area contributed by atoms with E-state index >= 15 is 0 Å². The zero-order valence-corrected chi connectivity index (χ0v) is 12.0. The maximum atomic E-state index is 13.1. The van der Waals surface area contributed by atoms with E-state index in [2.05, 4.69) is 0 Å². The molecule has 0 aliphatic carbocycles. The van der Waals surface area contributed by atoms with Crippen LogP contribution < -0.4 is 4.90 Å². The average Bonchev–Trinajstić information content (AvgIpc) is 2.41. The third-order valence-electron chi connectivity index (χ3n) is 3.18.